The van der Waals surface area contributed by atoms with Crippen LogP contribution in [0.25, 0.3) is 0 Å². The van der Waals surface area contributed by atoms with E-state index in [-0.39, 0.29) is 24.4 Å². The standard InChI is InChI=1S/C13H19ClFNO/c1-4-9(8-17)13(16(2)3)11-7-10(14)5-6-12(11)15/h5-7,9,13,17H,4,8H2,1-3H3. The minimum atomic E-state index is -0.278. The number of aliphatic hydroxyl groups is 1. The lowest BCUT2D eigenvalue weighted by atomic mass is 9.90. The van der Waals surface area contributed by atoms with Gasteiger partial charge in [0.15, 0.2) is 0 Å². The van der Waals surface area contributed by atoms with E-state index in [1.165, 1.54) is 12.1 Å². The van der Waals surface area contributed by atoms with Gasteiger partial charge in [-0.15, -0.1) is 0 Å². The van der Waals surface area contributed by atoms with Gasteiger partial charge < -0.3 is 10.0 Å². The molecule has 0 aliphatic carbocycles. The zero-order valence-corrected chi connectivity index (χ0v) is 11.2. The maximum Gasteiger partial charge on any atom is 0.128 e. The number of aliphatic hydroxyl groups excluding tert-OH is 1. The normalized spacial score (nSPS) is 15.0. The molecule has 2 nitrogen and oxygen atoms in total. The van der Waals surface area contributed by atoms with Gasteiger partial charge in [0.25, 0.3) is 0 Å². The molecule has 0 aromatic heterocycles. The number of nitrogens with zero attached hydrogens (tertiary/aromatic N) is 1. The summed E-state index contributed by atoms with van der Waals surface area (Å²) in [5.74, 6) is -0.280. The van der Waals surface area contributed by atoms with Crippen molar-refractivity contribution in [2.24, 2.45) is 5.92 Å². The number of hydrogen-bond acceptors (Lipinski definition) is 2. The second-order valence-electron chi connectivity index (χ2n) is 4.43. The molecule has 0 fully saturated rings. The first-order valence-corrected chi connectivity index (χ1v) is 6.11. The van der Waals surface area contributed by atoms with Gasteiger partial charge in [-0.05, 0) is 38.7 Å². The summed E-state index contributed by atoms with van der Waals surface area (Å²) in [7, 11) is 3.76. The predicted molar refractivity (Wildman–Crippen MR) is 68.7 cm³/mol. The zero-order chi connectivity index (χ0) is 13.0. The highest BCUT2D eigenvalue weighted by atomic mass is 35.5. The van der Waals surface area contributed by atoms with Crippen LogP contribution >= 0.6 is 11.6 Å². The van der Waals surface area contributed by atoms with Crippen molar-refractivity contribution in [3.05, 3.63) is 34.6 Å². The minimum Gasteiger partial charge on any atom is -0.396 e. The monoisotopic (exact) mass is 259 g/mol. The van der Waals surface area contributed by atoms with E-state index in [9.17, 15) is 9.50 Å². The van der Waals surface area contributed by atoms with E-state index < -0.39 is 0 Å². The van der Waals surface area contributed by atoms with Crippen molar-refractivity contribution in [3.8, 4) is 0 Å². The van der Waals surface area contributed by atoms with Crippen molar-refractivity contribution >= 4 is 11.6 Å². The molecule has 0 bridgehead atoms. The number of benzene rings is 1. The highest BCUT2D eigenvalue weighted by Crippen LogP contribution is 2.32. The quantitative estimate of drug-likeness (QED) is 0.878. The molecule has 1 aromatic rings. The lowest BCUT2D eigenvalue weighted by Crippen LogP contribution is -2.30. The molecule has 0 spiro atoms. The van der Waals surface area contributed by atoms with Gasteiger partial charge in [0.05, 0.1) is 0 Å². The highest BCUT2D eigenvalue weighted by molar-refractivity contribution is 6.30. The Morgan fingerprint density at radius 3 is 2.53 bits per heavy atom. The molecule has 1 N–H and O–H groups in total. The topological polar surface area (TPSA) is 23.5 Å². The summed E-state index contributed by atoms with van der Waals surface area (Å²) in [5, 5.41) is 9.90. The molecule has 0 amide bonds. The highest BCUT2D eigenvalue weighted by Gasteiger charge is 2.26. The Kier molecular flexibility index (Phi) is 5.37. The average molecular weight is 260 g/mol. The zero-order valence-electron chi connectivity index (χ0n) is 10.5. The third-order valence-corrected chi connectivity index (χ3v) is 3.27. The van der Waals surface area contributed by atoms with Crippen LogP contribution in [-0.2, 0) is 0 Å². The van der Waals surface area contributed by atoms with E-state index in [1.54, 1.807) is 6.07 Å². The van der Waals surface area contributed by atoms with Gasteiger partial charge in [0.2, 0.25) is 0 Å². The van der Waals surface area contributed by atoms with Crippen LogP contribution in [0.2, 0.25) is 5.02 Å². The lowest BCUT2D eigenvalue weighted by molar-refractivity contribution is 0.128. The SMILES string of the molecule is CCC(CO)C(c1cc(Cl)ccc1F)N(C)C. The molecule has 1 rings (SSSR count). The van der Waals surface area contributed by atoms with E-state index in [1.807, 2.05) is 25.9 Å². The maximum absolute atomic E-state index is 13.8. The first-order chi connectivity index (χ1) is 8.01. The summed E-state index contributed by atoms with van der Waals surface area (Å²) < 4.78 is 13.8. The minimum absolute atomic E-state index is 0.00188. The molecule has 96 valence electrons. The van der Waals surface area contributed by atoms with Gasteiger partial charge in [0.1, 0.15) is 5.82 Å². The van der Waals surface area contributed by atoms with Crippen molar-refractivity contribution in [1.82, 2.24) is 4.90 Å². The van der Waals surface area contributed by atoms with Gasteiger partial charge >= 0.3 is 0 Å². The smallest absolute Gasteiger partial charge is 0.128 e. The molecule has 4 heteroatoms. The van der Waals surface area contributed by atoms with Crippen LogP contribution in [0.1, 0.15) is 24.9 Å². The van der Waals surface area contributed by atoms with Crippen LogP contribution in [0.3, 0.4) is 0 Å². The van der Waals surface area contributed by atoms with Crippen LogP contribution in [0.15, 0.2) is 18.2 Å². The summed E-state index contributed by atoms with van der Waals surface area (Å²) in [6.45, 7) is 2.02. The second-order valence-corrected chi connectivity index (χ2v) is 4.86. The largest absolute Gasteiger partial charge is 0.396 e. The molecule has 0 aliphatic rings. The third kappa shape index (κ3) is 3.41. The molecule has 0 radical (unpaired) electrons. The molecular weight excluding hydrogens is 241 g/mol. The van der Waals surface area contributed by atoms with Crippen LogP contribution in [0.5, 0.6) is 0 Å². The molecule has 1 aromatic carbocycles. The fourth-order valence-corrected chi connectivity index (χ4v) is 2.33. The van der Waals surface area contributed by atoms with Gasteiger partial charge in [-0.1, -0.05) is 18.5 Å². The van der Waals surface area contributed by atoms with E-state index in [0.29, 0.717) is 10.6 Å². The van der Waals surface area contributed by atoms with Gasteiger partial charge in [0, 0.05) is 29.2 Å². The Morgan fingerprint density at radius 1 is 1.41 bits per heavy atom. The molecule has 0 aliphatic heterocycles. The molecular formula is C13H19ClFNO. The summed E-state index contributed by atoms with van der Waals surface area (Å²) in [6.07, 6.45) is 0.783. The number of rotatable bonds is 5. The Balaban J connectivity index is 3.17. The first-order valence-electron chi connectivity index (χ1n) is 5.73. The van der Waals surface area contributed by atoms with Crippen molar-refractivity contribution in [3.63, 3.8) is 0 Å². The molecule has 2 unspecified atom stereocenters. The second kappa shape index (κ2) is 6.34. The van der Waals surface area contributed by atoms with Crippen molar-refractivity contribution < 1.29 is 9.50 Å². The van der Waals surface area contributed by atoms with Crippen LogP contribution in [-0.4, -0.2) is 30.7 Å². The number of hydrogen-bond donors (Lipinski definition) is 1. The fourth-order valence-electron chi connectivity index (χ4n) is 2.15. The van der Waals surface area contributed by atoms with E-state index in [0.717, 1.165) is 6.42 Å². The van der Waals surface area contributed by atoms with Gasteiger partial charge in [-0.3, -0.25) is 0 Å². The lowest BCUT2D eigenvalue weighted by Gasteiger charge is -2.31. The van der Waals surface area contributed by atoms with Crippen LogP contribution in [0.4, 0.5) is 4.39 Å². The fraction of sp³-hybridized carbons (Fsp3) is 0.538. The Morgan fingerprint density at radius 2 is 2.06 bits per heavy atom. The predicted octanol–water partition coefficient (Wildman–Crippen LogP) is 3.10. The van der Waals surface area contributed by atoms with Crippen molar-refractivity contribution in [1.29, 1.82) is 0 Å². The average Bonchev–Trinajstić information content (AvgIpc) is 2.29. The third-order valence-electron chi connectivity index (χ3n) is 3.04. The van der Waals surface area contributed by atoms with Crippen molar-refractivity contribution in [2.45, 2.75) is 19.4 Å². The Labute approximate surface area is 107 Å². The van der Waals surface area contributed by atoms with E-state index in [2.05, 4.69) is 0 Å². The maximum atomic E-state index is 13.8. The Bertz CT molecular complexity index is 366. The summed E-state index contributed by atoms with van der Waals surface area (Å²) in [4.78, 5) is 1.92. The molecule has 2 atom stereocenters. The molecule has 0 saturated carbocycles. The first kappa shape index (κ1) is 14.4. The Hall–Kier alpha value is -0.640. The molecule has 0 saturated heterocycles. The summed E-state index contributed by atoms with van der Waals surface area (Å²) >= 11 is 5.91. The molecule has 0 heterocycles. The van der Waals surface area contributed by atoms with Gasteiger partial charge in [-0.25, -0.2) is 4.39 Å². The van der Waals surface area contributed by atoms with Crippen molar-refractivity contribution in [2.75, 3.05) is 20.7 Å². The number of halogens is 2. The van der Waals surface area contributed by atoms with E-state index >= 15 is 0 Å². The summed E-state index contributed by atoms with van der Waals surface area (Å²) in [5.41, 5.74) is 0.545. The summed E-state index contributed by atoms with van der Waals surface area (Å²) in [6, 6.07) is 4.38. The van der Waals surface area contributed by atoms with Gasteiger partial charge in [-0.2, -0.15) is 0 Å². The van der Waals surface area contributed by atoms with Crippen LogP contribution in [0, 0.1) is 11.7 Å². The molecule has 17 heavy (non-hydrogen) atoms. The van der Waals surface area contributed by atoms with Crippen LogP contribution < -0.4 is 0 Å². The van der Waals surface area contributed by atoms with E-state index in [4.69, 9.17) is 11.6 Å².